The van der Waals surface area contributed by atoms with Gasteiger partial charge in [0, 0.05) is 15.9 Å². The molecule has 3 aromatic rings. The second kappa shape index (κ2) is 6.35. The van der Waals surface area contributed by atoms with Gasteiger partial charge in [0.1, 0.15) is 5.82 Å². The summed E-state index contributed by atoms with van der Waals surface area (Å²) in [6, 6.07) is 23.3. The third-order valence-corrected chi connectivity index (χ3v) is 8.14. The molecule has 0 bridgehead atoms. The molecule has 0 heterocycles. The molecule has 0 fully saturated rings. The molecule has 0 aromatic heterocycles. The summed E-state index contributed by atoms with van der Waals surface area (Å²) in [5.41, 5.74) is 0. The number of rotatable bonds is 3. The molecule has 1 nitrogen and oxygen atoms in total. The average Bonchev–Trinajstić information content (AvgIpc) is 2.58. The Bertz CT molecular complexity index is 791. The van der Waals surface area contributed by atoms with Crippen molar-refractivity contribution >= 4 is 45.6 Å². The highest BCUT2D eigenvalue weighted by molar-refractivity contribution is 14.1. The van der Waals surface area contributed by atoms with Crippen molar-refractivity contribution in [3.05, 3.63) is 88.3 Å². The first kappa shape index (κ1) is 15.4. The Balaban J connectivity index is 2.34. The molecule has 0 unspecified atom stereocenters. The van der Waals surface area contributed by atoms with Crippen LogP contribution in [0, 0.1) is 9.39 Å². The van der Waals surface area contributed by atoms with Crippen LogP contribution in [-0.4, -0.2) is 0 Å². The van der Waals surface area contributed by atoms with Gasteiger partial charge < -0.3 is 4.57 Å². The van der Waals surface area contributed by atoms with E-state index in [4.69, 9.17) is 0 Å². The molecule has 22 heavy (non-hydrogen) atoms. The van der Waals surface area contributed by atoms with Gasteiger partial charge in [-0.25, -0.2) is 4.39 Å². The summed E-state index contributed by atoms with van der Waals surface area (Å²) >= 11 is 1.94. The van der Waals surface area contributed by atoms with Gasteiger partial charge in [0.05, 0.1) is 3.57 Å². The van der Waals surface area contributed by atoms with Gasteiger partial charge in [-0.3, -0.25) is 0 Å². The lowest BCUT2D eigenvalue weighted by Crippen LogP contribution is -2.27. The lowest BCUT2D eigenvalue weighted by Gasteiger charge is -2.21. The van der Waals surface area contributed by atoms with E-state index < -0.39 is 7.14 Å². The number of benzene rings is 3. The third-order valence-electron chi connectivity index (χ3n) is 3.51. The topological polar surface area (TPSA) is 17.1 Å². The van der Waals surface area contributed by atoms with Crippen LogP contribution >= 0.6 is 29.7 Å². The Morgan fingerprint density at radius 3 is 1.73 bits per heavy atom. The predicted molar refractivity (Wildman–Crippen MR) is 98.5 cm³/mol. The highest BCUT2D eigenvalue weighted by atomic mass is 127. The maximum absolute atomic E-state index is 14.0. The van der Waals surface area contributed by atoms with Crippen molar-refractivity contribution < 1.29 is 8.96 Å². The Morgan fingerprint density at radius 2 is 1.23 bits per heavy atom. The van der Waals surface area contributed by atoms with E-state index in [1.807, 2.05) is 83.3 Å². The first-order chi connectivity index (χ1) is 10.6. The number of halogens is 2. The first-order valence-electron chi connectivity index (χ1n) is 6.80. The molecule has 3 aromatic carbocycles. The predicted octanol–water partition coefficient (Wildman–Crippen LogP) is 4.07. The van der Waals surface area contributed by atoms with Crippen molar-refractivity contribution in [3.8, 4) is 0 Å². The zero-order chi connectivity index (χ0) is 15.6. The van der Waals surface area contributed by atoms with Crippen molar-refractivity contribution in [1.82, 2.24) is 0 Å². The molecule has 0 N–H and O–H groups in total. The van der Waals surface area contributed by atoms with E-state index in [0.29, 0.717) is 19.5 Å². The Morgan fingerprint density at radius 1 is 0.727 bits per heavy atom. The van der Waals surface area contributed by atoms with Gasteiger partial charge in [-0.1, -0.05) is 66.7 Å². The van der Waals surface area contributed by atoms with Gasteiger partial charge in [0.25, 0.3) is 0 Å². The zero-order valence-corrected chi connectivity index (χ0v) is 14.7. The molecule has 110 valence electrons. The lowest BCUT2D eigenvalue weighted by atomic mass is 10.3. The minimum atomic E-state index is -3.09. The van der Waals surface area contributed by atoms with Crippen LogP contribution in [-0.2, 0) is 4.57 Å². The van der Waals surface area contributed by atoms with Crippen molar-refractivity contribution in [1.29, 1.82) is 0 Å². The fraction of sp³-hybridized carbons (Fsp3) is 0. The molecule has 0 saturated heterocycles. The van der Waals surface area contributed by atoms with Crippen LogP contribution in [0.1, 0.15) is 0 Å². The maximum atomic E-state index is 14.0. The zero-order valence-electron chi connectivity index (χ0n) is 11.6. The highest BCUT2D eigenvalue weighted by Gasteiger charge is 2.32. The molecule has 0 aliphatic heterocycles. The van der Waals surface area contributed by atoms with E-state index in [0.717, 1.165) is 0 Å². The summed E-state index contributed by atoms with van der Waals surface area (Å²) in [5, 5.41) is 1.97. The maximum Gasteiger partial charge on any atom is 0.172 e. The van der Waals surface area contributed by atoms with Gasteiger partial charge in [-0.2, -0.15) is 0 Å². The summed E-state index contributed by atoms with van der Waals surface area (Å²) in [7, 11) is -3.09. The van der Waals surface area contributed by atoms with Crippen LogP contribution in [0.2, 0.25) is 0 Å². The van der Waals surface area contributed by atoms with Crippen LogP contribution in [0.15, 0.2) is 78.9 Å². The van der Waals surface area contributed by atoms with Gasteiger partial charge in [0.2, 0.25) is 0 Å². The fourth-order valence-corrected chi connectivity index (χ4v) is 6.54. The van der Waals surface area contributed by atoms with Crippen molar-refractivity contribution in [2.24, 2.45) is 0 Å². The monoisotopic (exact) mass is 422 g/mol. The van der Waals surface area contributed by atoms with Gasteiger partial charge >= 0.3 is 0 Å². The molecule has 0 saturated carbocycles. The second-order valence-electron chi connectivity index (χ2n) is 4.85. The highest BCUT2D eigenvalue weighted by Crippen LogP contribution is 2.43. The Kier molecular flexibility index (Phi) is 4.46. The Hall–Kier alpha value is -1.45. The average molecular weight is 422 g/mol. The van der Waals surface area contributed by atoms with Crippen LogP contribution in [0.5, 0.6) is 0 Å². The van der Waals surface area contributed by atoms with Crippen molar-refractivity contribution in [2.45, 2.75) is 0 Å². The molecule has 0 atom stereocenters. The largest absolute Gasteiger partial charge is 0.309 e. The molecular weight excluding hydrogens is 409 g/mol. The summed E-state index contributed by atoms with van der Waals surface area (Å²) in [5.74, 6) is -0.342. The van der Waals surface area contributed by atoms with E-state index in [2.05, 4.69) is 0 Å². The van der Waals surface area contributed by atoms with Gasteiger partial charge in [-0.05, 0) is 34.7 Å². The summed E-state index contributed by atoms with van der Waals surface area (Å²) in [4.78, 5) is 0. The molecule has 3 rings (SSSR count). The summed E-state index contributed by atoms with van der Waals surface area (Å²) in [6.45, 7) is 0. The minimum Gasteiger partial charge on any atom is -0.309 e. The molecule has 0 radical (unpaired) electrons. The second-order valence-corrected chi connectivity index (χ2v) is 8.67. The van der Waals surface area contributed by atoms with E-state index in [1.165, 1.54) is 6.07 Å². The standard InChI is InChI=1S/C18H13FIOP/c19-16-12-7-13-17(18(16)20)22(21,14-8-3-1-4-9-14)15-10-5-2-6-11-15/h1-13H. The third kappa shape index (κ3) is 2.64. The summed E-state index contributed by atoms with van der Waals surface area (Å²) < 4.78 is 28.4. The molecule has 0 spiro atoms. The van der Waals surface area contributed by atoms with Gasteiger partial charge in [-0.15, -0.1) is 0 Å². The molecular formula is C18H13FIOP. The van der Waals surface area contributed by atoms with E-state index in [9.17, 15) is 8.96 Å². The Labute approximate surface area is 142 Å². The number of hydrogen-bond donors (Lipinski definition) is 0. The van der Waals surface area contributed by atoms with Crippen molar-refractivity contribution in [2.75, 3.05) is 0 Å². The molecule has 0 aliphatic carbocycles. The van der Waals surface area contributed by atoms with Crippen LogP contribution in [0.25, 0.3) is 0 Å². The normalized spacial score (nSPS) is 11.4. The van der Waals surface area contributed by atoms with E-state index in [-0.39, 0.29) is 5.82 Å². The first-order valence-corrected chi connectivity index (χ1v) is 9.58. The van der Waals surface area contributed by atoms with Crippen molar-refractivity contribution in [3.63, 3.8) is 0 Å². The van der Waals surface area contributed by atoms with E-state index >= 15 is 0 Å². The molecule has 0 amide bonds. The summed E-state index contributed by atoms with van der Waals surface area (Å²) in [6.07, 6.45) is 0. The van der Waals surface area contributed by atoms with Crippen LogP contribution in [0.4, 0.5) is 4.39 Å². The fourth-order valence-electron chi connectivity index (χ4n) is 2.44. The minimum absolute atomic E-state index is 0.342. The lowest BCUT2D eigenvalue weighted by molar-refractivity contribution is 0.591. The van der Waals surface area contributed by atoms with Crippen LogP contribution < -0.4 is 15.9 Å². The number of hydrogen-bond acceptors (Lipinski definition) is 1. The van der Waals surface area contributed by atoms with Gasteiger partial charge in [0.15, 0.2) is 7.14 Å². The molecule has 4 heteroatoms. The molecule has 0 aliphatic rings. The smallest absolute Gasteiger partial charge is 0.172 e. The van der Waals surface area contributed by atoms with Crippen LogP contribution in [0.3, 0.4) is 0 Å². The SMILES string of the molecule is O=P(c1ccccc1)(c1ccccc1)c1cccc(F)c1I. The van der Waals surface area contributed by atoms with E-state index in [1.54, 1.807) is 12.1 Å². The quantitative estimate of drug-likeness (QED) is 0.460.